The van der Waals surface area contributed by atoms with E-state index < -0.39 is 40.7 Å². The Morgan fingerprint density at radius 3 is 2.38 bits per heavy atom. The minimum atomic E-state index is -1.30. The molecule has 0 saturated heterocycles. The summed E-state index contributed by atoms with van der Waals surface area (Å²) in [4.78, 5) is 12.6. The lowest BCUT2D eigenvalue weighted by Crippen LogP contribution is -2.60. The summed E-state index contributed by atoms with van der Waals surface area (Å²) in [6.07, 6.45) is -0.674. The molecule has 3 aromatic rings. The molecule has 1 N–H and O–H groups in total. The Kier molecular flexibility index (Phi) is 7.50. The maximum Gasteiger partial charge on any atom is 0.407 e. The summed E-state index contributed by atoms with van der Waals surface area (Å²) in [6, 6.07) is 14.4. The maximum absolute atomic E-state index is 15.8. The van der Waals surface area contributed by atoms with Crippen LogP contribution >= 0.6 is 11.6 Å². The number of nitriles is 1. The highest BCUT2D eigenvalue weighted by molar-refractivity contribution is 6.34. The second-order valence-electron chi connectivity index (χ2n) is 10.5. The number of amides is 1. The average Bonchev–Trinajstić information content (AvgIpc) is 3.19. The molecule has 39 heavy (non-hydrogen) atoms. The number of carbonyl (C=O) groups is 1. The number of nitrogens with one attached hydrogen (secondary N) is 1. The molecule has 204 valence electrons. The second-order valence-corrected chi connectivity index (χ2v) is 10.9. The molecule has 1 amide bonds. The van der Waals surface area contributed by atoms with Crippen molar-refractivity contribution in [3.05, 3.63) is 81.9 Å². The van der Waals surface area contributed by atoms with Gasteiger partial charge in [-0.25, -0.2) is 13.6 Å². The van der Waals surface area contributed by atoms with Crippen LogP contribution in [0.15, 0.2) is 48.5 Å². The van der Waals surface area contributed by atoms with Crippen LogP contribution in [0.25, 0.3) is 11.1 Å². The SMILES string of the molecule is COC(=O)N[C@@H](C(C)(C)C)[C@]1(c2ccccc2)Oc2cc(F)c(Cl)c(-c3c(C#N)ccc(OC)c3F)c2[C@@H]1C. The smallest absolute Gasteiger partial charge is 0.407 e. The number of nitrogens with zero attached hydrogens (tertiary/aromatic N) is 1. The van der Waals surface area contributed by atoms with Crippen molar-refractivity contribution in [3.8, 4) is 28.7 Å². The summed E-state index contributed by atoms with van der Waals surface area (Å²) >= 11 is 6.55. The monoisotopic (exact) mass is 554 g/mol. The second kappa shape index (κ2) is 10.4. The Morgan fingerprint density at radius 1 is 1.15 bits per heavy atom. The first-order chi connectivity index (χ1) is 18.4. The van der Waals surface area contributed by atoms with Crippen molar-refractivity contribution in [2.24, 2.45) is 5.41 Å². The van der Waals surface area contributed by atoms with Gasteiger partial charge in [0.05, 0.1) is 36.9 Å². The van der Waals surface area contributed by atoms with Gasteiger partial charge >= 0.3 is 6.09 Å². The molecule has 1 aliphatic heterocycles. The zero-order valence-electron chi connectivity index (χ0n) is 22.5. The molecular formula is C30H29ClF2N2O4. The standard InChI is InChI=1S/C30H29ClF2N2O4/c1-16-22-21(14-19(32)25(31)24(22)23-17(15-34)12-13-20(37-5)26(23)33)39-30(16,18-10-8-7-9-11-18)27(29(2,3)4)35-28(36)38-6/h7-14,16,27H,1-6H3,(H,35,36)/t16-,27-,30-/m0/s1. The van der Waals surface area contributed by atoms with E-state index >= 15 is 8.78 Å². The highest BCUT2D eigenvalue weighted by atomic mass is 35.5. The van der Waals surface area contributed by atoms with Crippen molar-refractivity contribution in [1.29, 1.82) is 5.26 Å². The number of carbonyl (C=O) groups excluding carboxylic acids is 1. The Hall–Kier alpha value is -3.83. The first-order valence-corrected chi connectivity index (χ1v) is 12.7. The van der Waals surface area contributed by atoms with Crippen LogP contribution in [0.1, 0.15) is 50.3 Å². The van der Waals surface area contributed by atoms with Gasteiger partial charge in [-0.05, 0) is 23.1 Å². The summed E-state index contributed by atoms with van der Waals surface area (Å²) in [5.41, 5.74) is -1.06. The summed E-state index contributed by atoms with van der Waals surface area (Å²) in [6.45, 7) is 7.64. The van der Waals surface area contributed by atoms with Crippen LogP contribution in [0.3, 0.4) is 0 Å². The van der Waals surface area contributed by atoms with Gasteiger partial charge in [0.25, 0.3) is 0 Å². The summed E-state index contributed by atoms with van der Waals surface area (Å²) in [5.74, 6) is -2.33. The normalized spacial score (nSPS) is 18.9. The van der Waals surface area contributed by atoms with E-state index in [2.05, 4.69) is 5.32 Å². The first kappa shape index (κ1) is 28.2. The van der Waals surface area contributed by atoms with Gasteiger partial charge in [0.15, 0.2) is 17.2 Å². The molecule has 0 radical (unpaired) electrons. The molecule has 9 heteroatoms. The third-order valence-electron chi connectivity index (χ3n) is 7.24. The fraction of sp³-hybridized carbons (Fsp3) is 0.333. The van der Waals surface area contributed by atoms with Gasteiger partial charge < -0.3 is 19.5 Å². The number of methoxy groups -OCH3 is 2. The molecular weight excluding hydrogens is 526 g/mol. The lowest BCUT2D eigenvalue weighted by molar-refractivity contribution is -0.0156. The van der Waals surface area contributed by atoms with Crippen LogP contribution < -0.4 is 14.8 Å². The van der Waals surface area contributed by atoms with E-state index in [4.69, 9.17) is 25.8 Å². The van der Waals surface area contributed by atoms with E-state index in [1.807, 2.05) is 64.1 Å². The molecule has 3 atom stereocenters. The number of hydrogen-bond donors (Lipinski definition) is 1. The number of benzene rings is 3. The number of hydrogen-bond acceptors (Lipinski definition) is 5. The highest BCUT2D eigenvalue weighted by Gasteiger charge is 2.58. The minimum Gasteiger partial charge on any atom is -0.494 e. The number of ether oxygens (including phenoxy) is 3. The molecule has 4 rings (SSSR count). The van der Waals surface area contributed by atoms with E-state index in [1.165, 1.54) is 26.4 Å². The Morgan fingerprint density at radius 2 is 1.82 bits per heavy atom. The molecule has 0 unspecified atom stereocenters. The van der Waals surface area contributed by atoms with Crippen LogP contribution in [-0.2, 0) is 10.3 Å². The summed E-state index contributed by atoms with van der Waals surface area (Å²) < 4.78 is 48.0. The van der Waals surface area contributed by atoms with Crippen LogP contribution in [0.2, 0.25) is 5.02 Å². The van der Waals surface area contributed by atoms with Crippen molar-refractivity contribution in [3.63, 3.8) is 0 Å². The molecule has 0 spiro atoms. The van der Waals surface area contributed by atoms with Crippen molar-refractivity contribution in [2.75, 3.05) is 14.2 Å². The molecule has 6 nitrogen and oxygen atoms in total. The van der Waals surface area contributed by atoms with Crippen LogP contribution in [0.4, 0.5) is 13.6 Å². The molecule has 0 aromatic heterocycles. The van der Waals surface area contributed by atoms with Gasteiger partial charge in [-0.3, -0.25) is 0 Å². The average molecular weight is 555 g/mol. The fourth-order valence-electron chi connectivity index (χ4n) is 5.54. The number of rotatable bonds is 5. The lowest BCUT2D eigenvalue weighted by atomic mass is 9.66. The lowest BCUT2D eigenvalue weighted by Gasteiger charge is -2.46. The van der Waals surface area contributed by atoms with E-state index in [0.29, 0.717) is 11.1 Å². The van der Waals surface area contributed by atoms with E-state index in [-0.39, 0.29) is 33.2 Å². The van der Waals surface area contributed by atoms with Gasteiger partial charge in [0.1, 0.15) is 11.6 Å². The predicted octanol–water partition coefficient (Wildman–Crippen LogP) is 7.33. The third-order valence-corrected chi connectivity index (χ3v) is 7.61. The van der Waals surface area contributed by atoms with Crippen LogP contribution in [0.5, 0.6) is 11.5 Å². The predicted molar refractivity (Wildman–Crippen MR) is 144 cm³/mol. The topological polar surface area (TPSA) is 80.6 Å². The van der Waals surface area contributed by atoms with Gasteiger partial charge in [0.2, 0.25) is 0 Å². The number of alkyl carbamates (subject to hydrolysis) is 1. The highest BCUT2D eigenvalue weighted by Crippen LogP contribution is 2.59. The molecule has 0 saturated carbocycles. The molecule has 0 aliphatic carbocycles. The van der Waals surface area contributed by atoms with Crippen LogP contribution in [0, 0.1) is 28.4 Å². The maximum atomic E-state index is 15.8. The Balaban J connectivity index is 2.10. The molecule has 3 aromatic carbocycles. The van der Waals surface area contributed by atoms with Crippen molar-refractivity contribution >= 4 is 17.7 Å². The zero-order valence-corrected chi connectivity index (χ0v) is 23.2. The van der Waals surface area contributed by atoms with E-state index in [1.54, 1.807) is 0 Å². The largest absolute Gasteiger partial charge is 0.494 e. The van der Waals surface area contributed by atoms with Gasteiger partial charge in [-0.15, -0.1) is 0 Å². The van der Waals surface area contributed by atoms with Crippen LogP contribution in [-0.4, -0.2) is 26.4 Å². The minimum absolute atomic E-state index is 0.00403. The zero-order chi connectivity index (χ0) is 28.7. The van der Waals surface area contributed by atoms with Crippen molar-refractivity contribution in [1.82, 2.24) is 5.32 Å². The van der Waals surface area contributed by atoms with Gasteiger partial charge in [0, 0.05) is 28.7 Å². The number of fused-ring (bicyclic) bond motifs is 1. The quantitative estimate of drug-likeness (QED) is 0.357. The number of halogens is 3. The molecule has 1 heterocycles. The van der Waals surface area contributed by atoms with Gasteiger partial charge in [-0.1, -0.05) is 69.6 Å². The van der Waals surface area contributed by atoms with Crippen molar-refractivity contribution < 1.29 is 27.8 Å². The van der Waals surface area contributed by atoms with Crippen molar-refractivity contribution in [2.45, 2.75) is 45.3 Å². The van der Waals surface area contributed by atoms with E-state index in [9.17, 15) is 10.1 Å². The Bertz CT molecular complexity index is 1470. The third kappa shape index (κ3) is 4.55. The molecule has 1 aliphatic rings. The summed E-state index contributed by atoms with van der Waals surface area (Å²) in [5, 5.41) is 12.4. The summed E-state index contributed by atoms with van der Waals surface area (Å²) in [7, 11) is 2.56. The molecule has 0 fully saturated rings. The van der Waals surface area contributed by atoms with E-state index in [0.717, 1.165) is 6.07 Å². The van der Waals surface area contributed by atoms with Gasteiger partial charge in [-0.2, -0.15) is 5.26 Å². The first-order valence-electron chi connectivity index (χ1n) is 12.3. The molecule has 0 bridgehead atoms. The fourth-order valence-corrected chi connectivity index (χ4v) is 5.79. The Labute approximate surface area is 231 Å².